The van der Waals surface area contributed by atoms with Gasteiger partial charge < -0.3 is 0 Å². The van der Waals surface area contributed by atoms with Crippen molar-refractivity contribution in [3.05, 3.63) is 0 Å². The molecule has 0 aromatic carbocycles. The van der Waals surface area contributed by atoms with Gasteiger partial charge in [0, 0.05) is 18.6 Å². The predicted molar refractivity (Wildman–Crippen MR) is 67.3 cm³/mol. The zero-order chi connectivity index (χ0) is 11.3. The molecule has 0 aromatic heterocycles. The second kappa shape index (κ2) is 3.71. The molecule has 0 bridgehead atoms. The van der Waals surface area contributed by atoms with Crippen molar-refractivity contribution in [2.45, 2.75) is 70.1 Å². The summed E-state index contributed by atoms with van der Waals surface area (Å²) in [6.45, 7) is 6.13. The Morgan fingerprint density at radius 1 is 1.06 bits per heavy atom. The maximum Gasteiger partial charge on any atom is 0.0683 e. The zero-order valence-corrected chi connectivity index (χ0v) is 11.1. The van der Waals surface area contributed by atoms with Gasteiger partial charge in [0.15, 0.2) is 0 Å². The Morgan fingerprint density at radius 2 is 1.81 bits per heavy atom. The summed E-state index contributed by atoms with van der Waals surface area (Å²) in [7, 11) is 2.30. The third-order valence-electron chi connectivity index (χ3n) is 5.50. The zero-order valence-electron chi connectivity index (χ0n) is 11.1. The van der Waals surface area contributed by atoms with Crippen LogP contribution >= 0.6 is 0 Å². The van der Waals surface area contributed by atoms with Crippen LogP contribution in [0.4, 0.5) is 0 Å². The van der Waals surface area contributed by atoms with Gasteiger partial charge in [-0.25, -0.2) is 0 Å². The van der Waals surface area contributed by atoms with Crippen molar-refractivity contribution in [2.24, 2.45) is 5.92 Å². The standard InChI is InChI=1S/C14H26N2/c1-14(2)15(3)10-12-9-11-7-5-4-6-8-13(11)16(12)14/h11-13H,4-10H2,1-3H3/t11-,12-,13+/m0/s1. The van der Waals surface area contributed by atoms with Crippen LogP contribution in [0.25, 0.3) is 0 Å². The topological polar surface area (TPSA) is 6.48 Å². The molecule has 92 valence electrons. The Hall–Kier alpha value is -0.0800. The van der Waals surface area contributed by atoms with Gasteiger partial charge in [-0.15, -0.1) is 0 Å². The largest absolute Gasteiger partial charge is 0.287 e. The maximum atomic E-state index is 2.86. The lowest BCUT2D eigenvalue weighted by Gasteiger charge is -2.40. The molecule has 0 radical (unpaired) electrons. The normalized spacial score (nSPS) is 44.1. The third-order valence-corrected chi connectivity index (χ3v) is 5.50. The van der Waals surface area contributed by atoms with Crippen molar-refractivity contribution < 1.29 is 0 Å². The summed E-state index contributed by atoms with van der Waals surface area (Å²) in [4.78, 5) is 5.42. The van der Waals surface area contributed by atoms with Crippen LogP contribution in [0.5, 0.6) is 0 Å². The van der Waals surface area contributed by atoms with E-state index in [1.807, 2.05) is 0 Å². The van der Waals surface area contributed by atoms with Crippen LogP contribution in [0.2, 0.25) is 0 Å². The fourth-order valence-electron chi connectivity index (χ4n) is 4.49. The van der Waals surface area contributed by atoms with Crippen molar-refractivity contribution in [1.29, 1.82) is 0 Å². The van der Waals surface area contributed by atoms with Crippen LogP contribution < -0.4 is 0 Å². The van der Waals surface area contributed by atoms with Gasteiger partial charge >= 0.3 is 0 Å². The van der Waals surface area contributed by atoms with Gasteiger partial charge in [0.05, 0.1) is 5.66 Å². The Kier molecular flexibility index (Phi) is 2.56. The lowest BCUT2D eigenvalue weighted by Crippen LogP contribution is -2.51. The molecule has 16 heavy (non-hydrogen) atoms. The van der Waals surface area contributed by atoms with E-state index >= 15 is 0 Å². The highest BCUT2D eigenvalue weighted by Crippen LogP contribution is 2.46. The SMILES string of the molecule is CN1C[C@@H]2C[C@@H]3CCCCC[C@H]3N2C1(C)C. The smallest absolute Gasteiger partial charge is 0.0683 e. The van der Waals surface area contributed by atoms with E-state index in [1.54, 1.807) is 0 Å². The first kappa shape index (κ1) is 11.0. The highest BCUT2D eigenvalue weighted by molar-refractivity contribution is 5.06. The number of hydrogen-bond acceptors (Lipinski definition) is 2. The van der Waals surface area contributed by atoms with Crippen LogP contribution in [0.1, 0.15) is 52.4 Å². The molecule has 0 N–H and O–H groups in total. The summed E-state index contributed by atoms with van der Waals surface area (Å²) in [5, 5.41) is 0. The number of likely N-dealkylation sites (N-methyl/N-ethyl adjacent to an activating group) is 1. The summed E-state index contributed by atoms with van der Waals surface area (Å²) >= 11 is 0. The van der Waals surface area contributed by atoms with Crippen molar-refractivity contribution in [3.8, 4) is 0 Å². The molecule has 3 aliphatic rings. The molecule has 2 aliphatic heterocycles. The number of nitrogens with zero attached hydrogens (tertiary/aromatic N) is 2. The van der Waals surface area contributed by atoms with E-state index < -0.39 is 0 Å². The summed E-state index contributed by atoms with van der Waals surface area (Å²) in [6.07, 6.45) is 8.85. The molecule has 0 unspecified atom stereocenters. The second-order valence-electron chi connectivity index (χ2n) is 6.64. The molecule has 1 aliphatic carbocycles. The van der Waals surface area contributed by atoms with Gasteiger partial charge in [-0.2, -0.15) is 0 Å². The molecule has 0 aromatic rings. The van der Waals surface area contributed by atoms with Gasteiger partial charge in [-0.1, -0.05) is 19.3 Å². The second-order valence-corrected chi connectivity index (χ2v) is 6.64. The number of hydrogen-bond donors (Lipinski definition) is 0. The van der Waals surface area contributed by atoms with Crippen molar-refractivity contribution in [1.82, 2.24) is 9.80 Å². The lowest BCUT2D eigenvalue weighted by molar-refractivity contribution is 0.0252. The molecular weight excluding hydrogens is 196 g/mol. The van der Waals surface area contributed by atoms with E-state index in [2.05, 4.69) is 30.7 Å². The molecule has 0 spiro atoms. The minimum Gasteiger partial charge on any atom is -0.287 e. The van der Waals surface area contributed by atoms with E-state index in [0.717, 1.165) is 18.0 Å². The summed E-state index contributed by atoms with van der Waals surface area (Å²) < 4.78 is 0. The maximum absolute atomic E-state index is 2.86. The fraction of sp³-hybridized carbons (Fsp3) is 1.00. The Morgan fingerprint density at radius 3 is 2.62 bits per heavy atom. The van der Waals surface area contributed by atoms with Gasteiger partial charge in [0.25, 0.3) is 0 Å². The molecule has 2 heteroatoms. The molecule has 3 fully saturated rings. The van der Waals surface area contributed by atoms with Crippen molar-refractivity contribution in [3.63, 3.8) is 0 Å². The summed E-state index contributed by atoms with van der Waals surface area (Å²) in [5.74, 6) is 1.01. The number of rotatable bonds is 0. The molecule has 1 saturated carbocycles. The van der Waals surface area contributed by atoms with E-state index in [0.29, 0.717) is 5.66 Å². The third kappa shape index (κ3) is 1.46. The average molecular weight is 222 g/mol. The van der Waals surface area contributed by atoms with Crippen molar-refractivity contribution in [2.75, 3.05) is 13.6 Å². The van der Waals surface area contributed by atoms with Gasteiger partial charge in [-0.05, 0) is 46.1 Å². The lowest BCUT2D eigenvalue weighted by atomic mass is 9.93. The monoisotopic (exact) mass is 222 g/mol. The molecular formula is C14H26N2. The first-order chi connectivity index (χ1) is 7.60. The summed E-state index contributed by atoms with van der Waals surface area (Å²) in [5.41, 5.74) is 0.300. The van der Waals surface area contributed by atoms with Crippen LogP contribution in [-0.2, 0) is 0 Å². The van der Waals surface area contributed by atoms with Gasteiger partial charge in [-0.3, -0.25) is 9.80 Å². The fourth-order valence-corrected chi connectivity index (χ4v) is 4.49. The minimum atomic E-state index is 0.300. The van der Waals surface area contributed by atoms with Crippen LogP contribution in [0.3, 0.4) is 0 Å². The predicted octanol–water partition coefficient (Wildman–Crippen LogP) is 2.69. The van der Waals surface area contributed by atoms with E-state index in [1.165, 1.54) is 45.1 Å². The molecule has 2 saturated heterocycles. The molecule has 3 atom stereocenters. The molecule has 0 amide bonds. The minimum absolute atomic E-state index is 0.300. The first-order valence-electron chi connectivity index (χ1n) is 7.10. The number of fused-ring (bicyclic) bond motifs is 3. The van der Waals surface area contributed by atoms with Crippen LogP contribution in [-0.4, -0.2) is 41.1 Å². The first-order valence-corrected chi connectivity index (χ1v) is 7.10. The summed E-state index contributed by atoms with van der Waals surface area (Å²) in [6, 6.07) is 1.75. The average Bonchev–Trinajstić information content (AvgIpc) is 2.54. The van der Waals surface area contributed by atoms with E-state index in [-0.39, 0.29) is 0 Å². The van der Waals surface area contributed by atoms with Crippen LogP contribution in [0, 0.1) is 5.92 Å². The Balaban J connectivity index is 1.86. The van der Waals surface area contributed by atoms with E-state index in [4.69, 9.17) is 0 Å². The van der Waals surface area contributed by atoms with Crippen molar-refractivity contribution >= 4 is 0 Å². The highest BCUT2D eigenvalue weighted by atomic mass is 15.5. The Labute approximate surface area is 100.0 Å². The molecule has 2 heterocycles. The molecule has 2 nitrogen and oxygen atoms in total. The van der Waals surface area contributed by atoms with Gasteiger partial charge in [0.1, 0.15) is 0 Å². The van der Waals surface area contributed by atoms with Gasteiger partial charge in [0.2, 0.25) is 0 Å². The highest BCUT2D eigenvalue weighted by Gasteiger charge is 2.53. The quantitative estimate of drug-likeness (QED) is 0.622. The Bertz CT molecular complexity index is 274. The van der Waals surface area contributed by atoms with Crippen LogP contribution in [0.15, 0.2) is 0 Å². The molecule has 3 rings (SSSR count). The van der Waals surface area contributed by atoms with E-state index in [9.17, 15) is 0 Å².